The Morgan fingerprint density at radius 1 is 1.26 bits per heavy atom. The molecule has 1 amide bonds. The molecule has 3 rings (SSSR count). The van der Waals surface area contributed by atoms with Crippen LogP contribution in [0.15, 0.2) is 46.8 Å². The number of thiophene rings is 1. The van der Waals surface area contributed by atoms with Gasteiger partial charge in [0.15, 0.2) is 5.96 Å². The number of amides is 1. The molecule has 0 saturated carbocycles. The van der Waals surface area contributed by atoms with E-state index < -0.39 is 0 Å². The number of piperidine rings is 1. The molecular formula is C24H35N5OS. The predicted molar refractivity (Wildman–Crippen MR) is 130 cm³/mol. The molecule has 1 fully saturated rings. The fourth-order valence-corrected chi connectivity index (χ4v) is 5.23. The van der Waals surface area contributed by atoms with E-state index in [2.05, 4.69) is 58.4 Å². The van der Waals surface area contributed by atoms with Gasteiger partial charge in [-0.3, -0.25) is 14.7 Å². The molecule has 1 aromatic carbocycles. The molecule has 1 aliphatic rings. The Morgan fingerprint density at radius 3 is 2.87 bits per heavy atom. The monoisotopic (exact) mass is 441 g/mol. The standard InChI is InChI=1S/C24H35N5OS/c1-4-26-24(27-13-12-18-8-5-9-19(16-18)23(30)25-2)28-17-20-10-6-14-29(3)22(20)21-11-7-15-31-21/h5,7-9,11,15-16,20,22H,4,6,10,12-14,17H2,1-3H3,(H,25,30)(H2,26,27,28). The van der Waals surface area contributed by atoms with Crippen molar-refractivity contribution in [2.45, 2.75) is 32.2 Å². The van der Waals surface area contributed by atoms with E-state index in [0.717, 1.165) is 44.1 Å². The summed E-state index contributed by atoms with van der Waals surface area (Å²) < 4.78 is 0. The first-order valence-corrected chi connectivity index (χ1v) is 12.1. The number of rotatable bonds is 8. The van der Waals surface area contributed by atoms with Gasteiger partial charge >= 0.3 is 0 Å². The third-order valence-corrected chi connectivity index (χ3v) is 6.74. The molecular weight excluding hydrogens is 406 g/mol. The topological polar surface area (TPSA) is 68.8 Å². The number of hydrogen-bond acceptors (Lipinski definition) is 4. The molecule has 168 valence electrons. The van der Waals surface area contributed by atoms with Gasteiger partial charge in [0, 0.05) is 43.2 Å². The maximum absolute atomic E-state index is 11.8. The van der Waals surface area contributed by atoms with Crippen molar-refractivity contribution in [1.82, 2.24) is 20.9 Å². The fraction of sp³-hybridized carbons (Fsp3) is 0.500. The van der Waals surface area contributed by atoms with Gasteiger partial charge in [-0.15, -0.1) is 11.3 Å². The molecule has 0 aliphatic carbocycles. The summed E-state index contributed by atoms with van der Waals surface area (Å²) in [5.74, 6) is 1.34. The van der Waals surface area contributed by atoms with Crippen molar-refractivity contribution in [2.24, 2.45) is 10.9 Å². The SMILES string of the molecule is CCNC(=NCC1CCCN(C)C1c1cccs1)NCCc1cccc(C(=O)NC)c1. The third kappa shape index (κ3) is 6.55. The Hall–Kier alpha value is -2.38. The molecule has 0 spiro atoms. The van der Waals surface area contributed by atoms with Gasteiger partial charge in [0.1, 0.15) is 0 Å². The van der Waals surface area contributed by atoms with Gasteiger partial charge in [0.2, 0.25) is 0 Å². The van der Waals surface area contributed by atoms with Crippen LogP contribution in [0.25, 0.3) is 0 Å². The van der Waals surface area contributed by atoms with Gasteiger partial charge < -0.3 is 16.0 Å². The Morgan fingerprint density at radius 2 is 2.13 bits per heavy atom. The Balaban J connectivity index is 1.59. The lowest BCUT2D eigenvalue weighted by Crippen LogP contribution is -2.40. The molecule has 7 heteroatoms. The van der Waals surface area contributed by atoms with E-state index in [-0.39, 0.29) is 5.91 Å². The minimum Gasteiger partial charge on any atom is -0.357 e. The zero-order chi connectivity index (χ0) is 22.1. The highest BCUT2D eigenvalue weighted by atomic mass is 32.1. The molecule has 1 saturated heterocycles. The van der Waals surface area contributed by atoms with Crippen LogP contribution < -0.4 is 16.0 Å². The van der Waals surface area contributed by atoms with Gasteiger partial charge in [-0.25, -0.2) is 0 Å². The first-order valence-electron chi connectivity index (χ1n) is 11.2. The lowest BCUT2D eigenvalue weighted by atomic mass is 9.88. The number of benzene rings is 1. The van der Waals surface area contributed by atoms with Crippen molar-refractivity contribution in [2.75, 3.05) is 40.3 Å². The van der Waals surface area contributed by atoms with Crippen molar-refractivity contribution in [3.8, 4) is 0 Å². The Kier molecular flexibility index (Phi) is 8.91. The van der Waals surface area contributed by atoms with Gasteiger partial charge in [-0.2, -0.15) is 0 Å². The van der Waals surface area contributed by atoms with Crippen LogP contribution in [0, 0.1) is 5.92 Å². The van der Waals surface area contributed by atoms with E-state index in [1.54, 1.807) is 7.05 Å². The molecule has 2 aromatic rings. The number of aliphatic imine (C=N–C) groups is 1. The van der Waals surface area contributed by atoms with Gasteiger partial charge in [0.25, 0.3) is 5.91 Å². The van der Waals surface area contributed by atoms with Crippen molar-refractivity contribution >= 4 is 23.2 Å². The minimum absolute atomic E-state index is 0.0533. The first kappa shape index (κ1) is 23.3. The molecule has 6 nitrogen and oxygen atoms in total. The summed E-state index contributed by atoms with van der Waals surface area (Å²) in [6.07, 6.45) is 3.27. The molecule has 1 aromatic heterocycles. The van der Waals surface area contributed by atoms with Gasteiger partial charge in [-0.05, 0) is 74.8 Å². The lowest BCUT2D eigenvalue weighted by molar-refractivity contribution is 0.0963. The molecule has 3 N–H and O–H groups in total. The van der Waals surface area contributed by atoms with Crippen LogP contribution in [0.4, 0.5) is 0 Å². The number of carbonyl (C=O) groups excluding carboxylic acids is 1. The molecule has 2 atom stereocenters. The summed E-state index contributed by atoms with van der Waals surface area (Å²) in [4.78, 5) is 20.7. The molecule has 2 unspecified atom stereocenters. The highest BCUT2D eigenvalue weighted by Gasteiger charge is 2.31. The van der Waals surface area contributed by atoms with Crippen molar-refractivity contribution < 1.29 is 4.79 Å². The largest absolute Gasteiger partial charge is 0.357 e. The highest BCUT2D eigenvalue weighted by molar-refractivity contribution is 7.10. The Labute approximate surface area is 190 Å². The Bertz CT molecular complexity index is 851. The quantitative estimate of drug-likeness (QED) is 0.434. The average molecular weight is 442 g/mol. The number of nitrogens with one attached hydrogen (secondary N) is 3. The maximum Gasteiger partial charge on any atom is 0.251 e. The van der Waals surface area contributed by atoms with E-state index in [0.29, 0.717) is 17.5 Å². The summed E-state index contributed by atoms with van der Waals surface area (Å²) in [7, 11) is 3.89. The normalized spacial score (nSPS) is 19.8. The number of hydrogen-bond donors (Lipinski definition) is 3. The highest BCUT2D eigenvalue weighted by Crippen LogP contribution is 2.37. The molecule has 0 bridgehead atoms. The zero-order valence-corrected chi connectivity index (χ0v) is 19.7. The van der Waals surface area contributed by atoms with Crippen LogP contribution in [0.1, 0.15) is 46.6 Å². The second kappa shape index (κ2) is 11.9. The van der Waals surface area contributed by atoms with Crippen LogP contribution in [-0.2, 0) is 6.42 Å². The first-order chi connectivity index (χ1) is 15.1. The fourth-order valence-electron chi connectivity index (χ4n) is 4.25. The molecule has 31 heavy (non-hydrogen) atoms. The second-order valence-electron chi connectivity index (χ2n) is 8.02. The summed E-state index contributed by atoms with van der Waals surface area (Å²) in [6.45, 7) is 5.65. The summed E-state index contributed by atoms with van der Waals surface area (Å²) in [5.41, 5.74) is 1.83. The van der Waals surface area contributed by atoms with E-state index in [1.807, 2.05) is 29.5 Å². The van der Waals surface area contributed by atoms with Crippen LogP contribution in [-0.4, -0.2) is 57.0 Å². The van der Waals surface area contributed by atoms with Gasteiger partial charge in [-0.1, -0.05) is 18.2 Å². The lowest BCUT2D eigenvalue weighted by Gasteiger charge is -2.38. The summed E-state index contributed by atoms with van der Waals surface area (Å²) in [6, 6.07) is 12.6. The minimum atomic E-state index is -0.0533. The van der Waals surface area contributed by atoms with E-state index in [4.69, 9.17) is 4.99 Å². The smallest absolute Gasteiger partial charge is 0.251 e. The van der Waals surface area contributed by atoms with E-state index in [1.165, 1.54) is 17.7 Å². The number of nitrogens with zero attached hydrogens (tertiary/aromatic N) is 2. The maximum atomic E-state index is 11.8. The summed E-state index contributed by atoms with van der Waals surface area (Å²) >= 11 is 1.85. The molecule has 1 aliphatic heterocycles. The van der Waals surface area contributed by atoms with Crippen LogP contribution in [0.5, 0.6) is 0 Å². The van der Waals surface area contributed by atoms with Crippen molar-refractivity contribution in [3.05, 3.63) is 57.8 Å². The van der Waals surface area contributed by atoms with Gasteiger partial charge in [0.05, 0.1) is 0 Å². The third-order valence-electron chi connectivity index (χ3n) is 5.79. The van der Waals surface area contributed by atoms with Crippen LogP contribution >= 0.6 is 11.3 Å². The molecule has 0 radical (unpaired) electrons. The van der Waals surface area contributed by atoms with Crippen molar-refractivity contribution in [1.29, 1.82) is 0 Å². The number of carbonyl (C=O) groups is 1. The second-order valence-corrected chi connectivity index (χ2v) is 9.00. The summed E-state index contributed by atoms with van der Waals surface area (Å²) in [5, 5.41) is 11.7. The van der Waals surface area contributed by atoms with Crippen LogP contribution in [0.2, 0.25) is 0 Å². The predicted octanol–water partition coefficient (Wildman–Crippen LogP) is 3.29. The molecule has 2 heterocycles. The number of likely N-dealkylation sites (tertiary alicyclic amines) is 1. The van der Waals surface area contributed by atoms with Crippen LogP contribution in [0.3, 0.4) is 0 Å². The van der Waals surface area contributed by atoms with E-state index in [9.17, 15) is 4.79 Å². The van der Waals surface area contributed by atoms with E-state index >= 15 is 0 Å². The zero-order valence-electron chi connectivity index (χ0n) is 18.9. The average Bonchev–Trinajstić information content (AvgIpc) is 3.31. The number of guanidine groups is 1. The van der Waals surface area contributed by atoms with Crippen molar-refractivity contribution in [3.63, 3.8) is 0 Å².